The van der Waals surface area contributed by atoms with Crippen LogP contribution in [0.4, 0.5) is 0 Å². The van der Waals surface area contributed by atoms with Gasteiger partial charge in [-0.2, -0.15) is 11.3 Å². The second-order valence-corrected chi connectivity index (χ2v) is 6.85. The predicted octanol–water partition coefficient (Wildman–Crippen LogP) is 2.50. The molecular formula is C18H22N2O2S. The van der Waals surface area contributed by atoms with Crippen molar-refractivity contribution in [3.05, 3.63) is 58.3 Å². The van der Waals surface area contributed by atoms with Gasteiger partial charge >= 0.3 is 11.8 Å². The Kier molecular flexibility index (Phi) is 5.93. The number of thiophene rings is 1. The summed E-state index contributed by atoms with van der Waals surface area (Å²) < 4.78 is 0. The van der Waals surface area contributed by atoms with Crippen molar-refractivity contribution in [3.63, 3.8) is 0 Å². The van der Waals surface area contributed by atoms with Gasteiger partial charge in [0.25, 0.3) is 0 Å². The van der Waals surface area contributed by atoms with Crippen molar-refractivity contribution in [2.75, 3.05) is 13.1 Å². The molecule has 23 heavy (non-hydrogen) atoms. The highest BCUT2D eigenvalue weighted by Gasteiger charge is 2.23. The summed E-state index contributed by atoms with van der Waals surface area (Å²) in [6.45, 7) is 4.96. The zero-order valence-electron chi connectivity index (χ0n) is 13.5. The average molecular weight is 330 g/mol. The smallest absolute Gasteiger partial charge is 0.309 e. The van der Waals surface area contributed by atoms with E-state index in [0.717, 1.165) is 11.1 Å². The highest BCUT2D eigenvalue weighted by atomic mass is 32.1. The van der Waals surface area contributed by atoms with Gasteiger partial charge in [-0.15, -0.1) is 0 Å². The van der Waals surface area contributed by atoms with Gasteiger partial charge in [-0.1, -0.05) is 44.2 Å². The van der Waals surface area contributed by atoms with Crippen LogP contribution in [-0.4, -0.2) is 24.9 Å². The second kappa shape index (κ2) is 7.92. The third kappa shape index (κ3) is 5.21. The van der Waals surface area contributed by atoms with Gasteiger partial charge in [0.15, 0.2) is 0 Å². The van der Waals surface area contributed by atoms with Gasteiger partial charge in [0.1, 0.15) is 0 Å². The first-order valence-electron chi connectivity index (χ1n) is 7.62. The van der Waals surface area contributed by atoms with E-state index in [1.165, 1.54) is 0 Å². The summed E-state index contributed by atoms with van der Waals surface area (Å²) in [4.78, 5) is 23.7. The fourth-order valence-corrected chi connectivity index (χ4v) is 3.03. The third-order valence-electron chi connectivity index (χ3n) is 3.74. The molecular weight excluding hydrogens is 308 g/mol. The van der Waals surface area contributed by atoms with Gasteiger partial charge in [-0.3, -0.25) is 9.59 Å². The largest absolute Gasteiger partial charge is 0.348 e. The van der Waals surface area contributed by atoms with Crippen molar-refractivity contribution in [2.45, 2.75) is 25.7 Å². The summed E-state index contributed by atoms with van der Waals surface area (Å²) in [6, 6.07) is 11.9. The second-order valence-electron chi connectivity index (χ2n) is 6.07. The van der Waals surface area contributed by atoms with Crippen molar-refractivity contribution in [3.8, 4) is 0 Å². The number of benzene rings is 1. The number of carbonyl (C=O) groups excluding carboxylic acids is 2. The standard InChI is InChI=1S/C18H22N2O2S/c1-18(2,15-9-11-23-12-15)13-20-17(22)16(21)19-10-8-14-6-4-3-5-7-14/h3-7,9,11-12H,8,10,13H2,1-2H3,(H,19,21)(H,20,22). The number of nitrogens with one attached hydrogen (secondary N) is 2. The highest BCUT2D eigenvalue weighted by Crippen LogP contribution is 2.24. The third-order valence-corrected chi connectivity index (χ3v) is 4.43. The zero-order valence-corrected chi connectivity index (χ0v) is 14.3. The molecule has 5 heteroatoms. The van der Waals surface area contributed by atoms with Crippen molar-refractivity contribution in [1.82, 2.24) is 10.6 Å². The predicted molar refractivity (Wildman–Crippen MR) is 93.5 cm³/mol. The average Bonchev–Trinajstić information content (AvgIpc) is 3.09. The molecule has 4 nitrogen and oxygen atoms in total. The minimum Gasteiger partial charge on any atom is -0.348 e. The first-order chi connectivity index (χ1) is 11.0. The maximum atomic E-state index is 11.9. The maximum Gasteiger partial charge on any atom is 0.309 e. The normalized spacial score (nSPS) is 11.0. The molecule has 1 aromatic carbocycles. The van der Waals surface area contributed by atoms with Gasteiger partial charge in [-0.05, 0) is 34.4 Å². The van der Waals surface area contributed by atoms with E-state index in [1.54, 1.807) is 11.3 Å². The van der Waals surface area contributed by atoms with E-state index in [1.807, 2.05) is 55.6 Å². The first kappa shape index (κ1) is 17.2. The van der Waals surface area contributed by atoms with E-state index in [4.69, 9.17) is 0 Å². The Hall–Kier alpha value is -2.14. The Bertz CT molecular complexity index is 636. The lowest BCUT2D eigenvalue weighted by molar-refractivity contribution is -0.139. The van der Waals surface area contributed by atoms with Crippen molar-refractivity contribution < 1.29 is 9.59 Å². The molecule has 0 fully saturated rings. The van der Waals surface area contributed by atoms with Gasteiger partial charge in [0.2, 0.25) is 0 Å². The van der Waals surface area contributed by atoms with Gasteiger partial charge in [0.05, 0.1) is 0 Å². The van der Waals surface area contributed by atoms with Crippen LogP contribution in [0.3, 0.4) is 0 Å². The van der Waals surface area contributed by atoms with E-state index in [9.17, 15) is 9.59 Å². The summed E-state index contributed by atoms with van der Waals surface area (Å²) in [5.41, 5.74) is 2.10. The molecule has 2 N–H and O–H groups in total. The molecule has 0 saturated carbocycles. The summed E-state index contributed by atoms with van der Waals surface area (Å²) in [7, 11) is 0. The summed E-state index contributed by atoms with van der Waals surface area (Å²) in [6.07, 6.45) is 0.709. The van der Waals surface area contributed by atoms with E-state index in [-0.39, 0.29) is 5.41 Å². The molecule has 122 valence electrons. The summed E-state index contributed by atoms with van der Waals surface area (Å²) >= 11 is 1.62. The number of hydrogen-bond acceptors (Lipinski definition) is 3. The molecule has 0 spiro atoms. The quantitative estimate of drug-likeness (QED) is 0.800. The zero-order chi connectivity index (χ0) is 16.7. The van der Waals surface area contributed by atoms with E-state index < -0.39 is 11.8 Å². The Morgan fingerprint density at radius 3 is 2.39 bits per heavy atom. The van der Waals surface area contributed by atoms with Gasteiger partial charge in [0, 0.05) is 18.5 Å². The molecule has 0 bridgehead atoms. The van der Waals surface area contributed by atoms with Crippen LogP contribution in [0.1, 0.15) is 25.0 Å². The molecule has 1 heterocycles. The molecule has 2 amide bonds. The Balaban J connectivity index is 1.74. The minimum absolute atomic E-state index is 0.194. The SMILES string of the molecule is CC(C)(CNC(=O)C(=O)NCCc1ccccc1)c1ccsc1. The molecule has 0 unspecified atom stereocenters. The molecule has 1 aromatic heterocycles. The van der Waals surface area contributed by atoms with Gasteiger partial charge in [-0.25, -0.2) is 0 Å². The van der Waals surface area contributed by atoms with E-state index >= 15 is 0 Å². The highest BCUT2D eigenvalue weighted by molar-refractivity contribution is 7.08. The number of amides is 2. The van der Waals surface area contributed by atoms with E-state index in [2.05, 4.69) is 16.0 Å². The monoisotopic (exact) mass is 330 g/mol. The van der Waals surface area contributed by atoms with E-state index in [0.29, 0.717) is 19.5 Å². The molecule has 0 atom stereocenters. The van der Waals surface area contributed by atoms with Crippen LogP contribution in [0, 0.1) is 0 Å². The lowest BCUT2D eigenvalue weighted by atomic mass is 9.86. The van der Waals surface area contributed by atoms with Crippen LogP contribution in [0.5, 0.6) is 0 Å². The molecule has 2 aromatic rings. The maximum absolute atomic E-state index is 11.9. The lowest BCUT2D eigenvalue weighted by Gasteiger charge is -2.24. The van der Waals surface area contributed by atoms with Crippen LogP contribution < -0.4 is 10.6 Å². The molecule has 0 aliphatic carbocycles. The Morgan fingerprint density at radius 1 is 1.04 bits per heavy atom. The summed E-state index contributed by atoms with van der Waals surface area (Å²) in [5.74, 6) is -1.16. The van der Waals surface area contributed by atoms with Crippen LogP contribution in [0.15, 0.2) is 47.2 Å². The minimum atomic E-state index is -0.582. The van der Waals surface area contributed by atoms with Gasteiger partial charge < -0.3 is 10.6 Å². The fraction of sp³-hybridized carbons (Fsp3) is 0.333. The first-order valence-corrected chi connectivity index (χ1v) is 8.56. The van der Waals surface area contributed by atoms with Crippen LogP contribution in [-0.2, 0) is 21.4 Å². The Labute approximate surface area is 140 Å². The van der Waals surface area contributed by atoms with Crippen LogP contribution in [0.2, 0.25) is 0 Å². The lowest BCUT2D eigenvalue weighted by Crippen LogP contribution is -2.44. The Morgan fingerprint density at radius 2 is 1.74 bits per heavy atom. The molecule has 0 aliphatic heterocycles. The number of carbonyl (C=O) groups is 2. The molecule has 0 aliphatic rings. The van der Waals surface area contributed by atoms with Crippen LogP contribution >= 0.6 is 11.3 Å². The topological polar surface area (TPSA) is 58.2 Å². The van der Waals surface area contributed by atoms with Crippen molar-refractivity contribution in [1.29, 1.82) is 0 Å². The molecule has 2 rings (SSSR count). The molecule has 0 radical (unpaired) electrons. The number of hydrogen-bond donors (Lipinski definition) is 2. The van der Waals surface area contributed by atoms with Crippen LogP contribution in [0.25, 0.3) is 0 Å². The summed E-state index contributed by atoms with van der Waals surface area (Å²) in [5, 5.41) is 9.44. The van der Waals surface area contributed by atoms with Crippen molar-refractivity contribution >= 4 is 23.2 Å². The molecule has 0 saturated heterocycles. The van der Waals surface area contributed by atoms with Crippen molar-refractivity contribution in [2.24, 2.45) is 0 Å². The number of rotatable bonds is 6. The fourth-order valence-electron chi connectivity index (χ4n) is 2.18.